The van der Waals surface area contributed by atoms with E-state index >= 15 is 0 Å². The summed E-state index contributed by atoms with van der Waals surface area (Å²) in [6.45, 7) is -0.439. The Morgan fingerprint density at radius 2 is 1.71 bits per heavy atom. The van der Waals surface area contributed by atoms with Gasteiger partial charge >= 0.3 is 0 Å². The van der Waals surface area contributed by atoms with E-state index in [9.17, 15) is 10.2 Å². The van der Waals surface area contributed by atoms with E-state index in [1.54, 1.807) is 0 Å². The molecule has 0 radical (unpaired) electrons. The Kier molecular flexibility index (Phi) is 4.16. The third-order valence-corrected chi connectivity index (χ3v) is 2.13. The molecule has 7 N–H and O–H groups in total. The molecule has 0 unspecified atom stereocenters. The number of ether oxygens (including phenoxy) is 1. The van der Waals surface area contributed by atoms with E-state index in [1.807, 2.05) is 0 Å². The molecule has 14 heavy (non-hydrogen) atoms. The van der Waals surface area contributed by atoms with E-state index in [1.165, 1.54) is 0 Å². The summed E-state index contributed by atoms with van der Waals surface area (Å²) in [4.78, 5) is 8.86. The van der Waals surface area contributed by atoms with Crippen molar-refractivity contribution in [3.63, 3.8) is 0 Å². The highest BCUT2D eigenvalue weighted by molar-refractivity contribution is 4.89. The highest BCUT2D eigenvalue weighted by atomic mass is 16.7. The zero-order valence-electron chi connectivity index (χ0n) is 7.31. The average molecular weight is 210 g/mol. The minimum absolute atomic E-state index is 0.439. The fourth-order valence-electron chi connectivity index (χ4n) is 1.38. The van der Waals surface area contributed by atoms with Crippen molar-refractivity contribution in [1.29, 1.82) is 0 Å². The molecule has 0 amide bonds. The first kappa shape index (κ1) is 11.8. The number of aliphatic hydroxyl groups is 3. The quantitative estimate of drug-likeness (QED) is 0.303. The summed E-state index contributed by atoms with van der Waals surface area (Å²) in [6.07, 6.45) is -5.76. The summed E-state index contributed by atoms with van der Waals surface area (Å²) in [5.74, 6) is 9.82. The summed E-state index contributed by atoms with van der Waals surface area (Å²) in [7, 11) is 0. The number of hydrogen-bond donors (Lipinski definition) is 5. The van der Waals surface area contributed by atoms with Gasteiger partial charge in [-0.05, 0) is 0 Å². The molecule has 1 aliphatic heterocycles. The largest absolute Gasteiger partial charge is 0.394 e. The zero-order valence-corrected chi connectivity index (χ0v) is 7.31. The van der Waals surface area contributed by atoms with Crippen LogP contribution in [-0.2, 0) is 14.4 Å². The predicted octanol–water partition coefficient (Wildman–Crippen LogP) is -3.43. The Balaban J connectivity index is 2.75. The number of nitrogens with two attached hydrogens (primary N) is 2. The molecule has 1 fully saturated rings. The van der Waals surface area contributed by atoms with Gasteiger partial charge in [-0.25, -0.2) is 11.8 Å². The van der Waals surface area contributed by atoms with Gasteiger partial charge in [0, 0.05) is 0 Å². The van der Waals surface area contributed by atoms with Crippen molar-refractivity contribution in [2.45, 2.75) is 30.7 Å². The molecule has 0 bridgehead atoms. The topological polar surface area (TPSA) is 140 Å². The molecule has 8 nitrogen and oxygen atoms in total. The lowest BCUT2D eigenvalue weighted by Crippen LogP contribution is -2.61. The highest BCUT2D eigenvalue weighted by Crippen LogP contribution is 2.22. The van der Waals surface area contributed by atoms with E-state index in [-0.39, 0.29) is 0 Å². The molecule has 5 atom stereocenters. The lowest BCUT2D eigenvalue weighted by molar-refractivity contribution is -0.303. The lowest BCUT2D eigenvalue weighted by Gasteiger charge is -2.39. The first-order chi connectivity index (χ1) is 6.65. The number of hydrogen-bond acceptors (Lipinski definition) is 8. The SMILES string of the molecule is NO[C@@H]1[C@@H](O)[C@H](O)O[C@H](CO)[C@H]1ON. The molecule has 1 saturated heterocycles. The minimum atomic E-state index is -1.49. The molecule has 0 aromatic rings. The molecule has 84 valence electrons. The van der Waals surface area contributed by atoms with Crippen LogP contribution >= 0.6 is 0 Å². The molecule has 0 aromatic carbocycles. The highest BCUT2D eigenvalue weighted by Gasteiger charge is 2.46. The Labute approximate surface area is 79.9 Å². The van der Waals surface area contributed by atoms with Crippen molar-refractivity contribution < 1.29 is 29.7 Å². The van der Waals surface area contributed by atoms with Gasteiger partial charge in [0.05, 0.1) is 6.61 Å². The third kappa shape index (κ3) is 2.02. The van der Waals surface area contributed by atoms with Crippen molar-refractivity contribution >= 4 is 0 Å². The number of rotatable bonds is 3. The monoisotopic (exact) mass is 210 g/mol. The molecule has 8 heteroatoms. The van der Waals surface area contributed by atoms with Gasteiger partial charge in [-0.1, -0.05) is 0 Å². The van der Waals surface area contributed by atoms with Crippen molar-refractivity contribution in [3.05, 3.63) is 0 Å². The molecule has 0 aromatic heterocycles. The van der Waals surface area contributed by atoms with Gasteiger partial charge in [-0.3, -0.25) is 9.68 Å². The first-order valence-corrected chi connectivity index (χ1v) is 3.99. The van der Waals surface area contributed by atoms with Gasteiger partial charge in [0.1, 0.15) is 24.4 Å². The van der Waals surface area contributed by atoms with Crippen molar-refractivity contribution in [2.24, 2.45) is 11.8 Å². The van der Waals surface area contributed by atoms with Crippen LogP contribution in [0.4, 0.5) is 0 Å². The molecule has 1 aliphatic rings. The second-order valence-corrected chi connectivity index (χ2v) is 2.94. The maximum Gasteiger partial charge on any atom is 0.184 e. The van der Waals surface area contributed by atoms with Gasteiger partial charge in [0.2, 0.25) is 0 Å². The van der Waals surface area contributed by atoms with Crippen LogP contribution in [0.1, 0.15) is 0 Å². The van der Waals surface area contributed by atoms with E-state index in [0.717, 1.165) is 0 Å². The smallest absolute Gasteiger partial charge is 0.184 e. The van der Waals surface area contributed by atoms with Crippen molar-refractivity contribution in [3.8, 4) is 0 Å². The first-order valence-electron chi connectivity index (χ1n) is 3.99. The number of aliphatic hydroxyl groups excluding tert-OH is 3. The Bertz CT molecular complexity index is 178. The summed E-state index contributed by atoms with van der Waals surface area (Å²) >= 11 is 0. The van der Waals surface area contributed by atoms with Gasteiger partial charge in [0.15, 0.2) is 6.29 Å². The summed E-state index contributed by atoms with van der Waals surface area (Å²) in [5.41, 5.74) is 0. The van der Waals surface area contributed by atoms with E-state index in [0.29, 0.717) is 0 Å². The van der Waals surface area contributed by atoms with Crippen LogP contribution in [-0.4, -0.2) is 52.6 Å². The Morgan fingerprint density at radius 3 is 2.14 bits per heavy atom. The molecule has 0 saturated carbocycles. The maximum atomic E-state index is 9.36. The minimum Gasteiger partial charge on any atom is -0.394 e. The van der Waals surface area contributed by atoms with E-state index < -0.39 is 37.3 Å². The van der Waals surface area contributed by atoms with E-state index in [2.05, 4.69) is 9.68 Å². The van der Waals surface area contributed by atoms with Crippen LogP contribution in [0, 0.1) is 0 Å². The zero-order chi connectivity index (χ0) is 10.7. The summed E-state index contributed by atoms with van der Waals surface area (Å²) in [6, 6.07) is 0. The Hall–Kier alpha value is -0.320. The second-order valence-electron chi connectivity index (χ2n) is 2.94. The van der Waals surface area contributed by atoms with Gasteiger partial charge < -0.3 is 20.1 Å². The van der Waals surface area contributed by atoms with Gasteiger partial charge in [-0.15, -0.1) is 0 Å². The van der Waals surface area contributed by atoms with Crippen LogP contribution in [0.15, 0.2) is 0 Å². The van der Waals surface area contributed by atoms with E-state index in [4.69, 9.17) is 21.6 Å². The summed E-state index contributed by atoms with van der Waals surface area (Å²) < 4.78 is 4.80. The normalized spacial score (nSPS) is 43.9. The second kappa shape index (κ2) is 4.96. The fraction of sp³-hybridized carbons (Fsp3) is 1.00. The molecular weight excluding hydrogens is 196 g/mol. The molecule has 0 spiro atoms. The van der Waals surface area contributed by atoms with Gasteiger partial charge in [0.25, 0.3) is 0 Å². The molecular formula is C6H14N2O6. The molecule has 0 aliphatic carbocycles. The third-order valence-electron chi connectivity index (χ3n) is 2.13. The molecule has 1 heterocycles. The van der Waals surface area contributed by atoms with Crippen LogP contribution in [0.2, 0.25) is 0 Å². The lowest BCUT2D eigenvalue weighted by atomic mass is 9.99. The van der Waals surface area contributed by atoms with Crippen LogP contribution in [0.5, 0.6) is 0 Å². The van der Waals surface area contributed by atoms with Crippen molar-refractivity contribution in [2.75, 3.05) is 6.61 Å². The van der Waals surface area contributed by atoms with Crippen molar-refractivity contribution in [1.82, 2.24) is 0 Å². The van der Waals surface area contributed by atoms with Crippen LogP contribution in [0.25, 0.3) is 0 Å². The van der Waals surface area contributed by atoms with Crippen LogP contribution < -0.4 is 11.8 Å². The Morgan fingerprint density at radius 1 is 1.14 bits per heavy atom. The summed E-state index contributed by atoms with van der Waals surface area (Å²) in [5, 5.41) is 27.4. The molecule has 1 rings (SSSR count). The fourth-order valence-corrected chi connectivity index (χ4v) is 1.38. The van der Waals surface area contributed by atoms with Crippen LogP contribution in [0.3, 0.4) is 0 Å². The standard InChI is InChI=1S/C6H14N2O6/c7-13-4-2(1-9)12-6(11)3(10)5(4)14-8/h2-6,9-11H,1,7-8H2/t2-,3-,4-,5-,6-/m1/s1. The average Bonchev–Trinajstić information content (AvgIpc) is 2.20. The predicted molar refractivity (Wildman–Crippen MR) is 42.1 cm³/mol. The van der Waals surface area contributed by atoms with Gasteiger partial charge in [-0.2, -0.15) is 0 Å². The maximum absolute atomic E-state index is 9.36.